The summed E-state index contributed by atoms with van der Waals surface area (Å²) in [6.45, 7) is 8.05. The van der Waals surface area contributed by atoms with Crippen molar-refractivity contribution in [1.82, 2.24) is 5.32 Å². The molecule has 21 heavy (non-hydrogen) atoms. The third kappa shape index (κ3) is 5.29. The van der Waals surface area contributed by atoms with Gasteiger partial charge in [0.25, 0.3) is 0 Å². The van der Waals surface area contributed by atoms with Gasteiger partial charge in [-0.15, -0.1) is 0 Å². The molecule has 0 bridgehead atoms. The van der Waals surface area contributed by atoms with Crippen molar-refractivity contribution in [3.05, 3.63) is 29.6 Å². The van der Waals surface area contributed by atoms with Gasteiger partial charge in [-0.25, -0.2) is 4.39 Å². The Labute approximate surface area is 126 Å². The molecule has 0 saturated carbocycles. The SMILES string of the molecule is CC(C)(C)NCc1cccc(F)c1OCC1CCCCO1. The topological polar surface area (TPSA) is 30.5 Å². The van der Waals surface area contributed by atoms with Crippen molar-refractivity contribution in [1.29, 1.82) is 0 Å². The molecule has 0 aliphatic carbocycles. The molecule has 1 unspecified atom stereocenters. The molecule has 0 aromatic heterocycles. The van der Waals surface area contributed by atoms with Crippen LogP contribution in [-0.2, 0) is 11.3 Å². The van der Waals surface area contributed by atoms with E-state index >= 15 is 0 Å². The lowest BCUT2D eigenvalue weighted by molar-refractivity contribution is -0.0119. The van der Waals surface area contributed by atoms with Crippen LogP contribution < -0.4 is 10.1 Å². The summed E-state index contributed by atoms with van der Waals surface area (Å²) in [5, 5.41) is 3.37. The fourth-order valence-electron chi connectivity index (χ4n) is 2.33. The third-order valence-electron chi connectivity index (χ3n) is 3.55. The molecule has 3 nitrogen and oxygen atoms in total. The van der Waals surface area contributed by atoms with Gasteiger partial charge in [-0.3, -0.25) is 0 Å². The Morgan fingerprint density at radius 1 is 1.33 bits per heavy atom. The van der Waals surface area contributed by atoms with Crippen LogP contribution >= 0.6 is 0 Å². The van der Waals surface area contributed by atoms with Crippen molar-refractivity contribution in [2.45, 2.75) is 58.2 Å². The minimum Gasteiger partial charge on any atom is -0.487 e. The van der Waals surface area contributed by atoms with E-state index in [9.17, 15) is 4.39 Å². The highest BCUT2D eigenvalue weighted by molar-refractivity contribution is 5.35. The van der Waals surface area contributed by atoms with Crippen molar-refractivity contribution >= 4 is 0 Å². The number of nitrogens with one attached hydrogen (secondary N) is 1. The number of para-hydroxylation sites is 1. The normalized spacial score (nSPS) is 19.5. The van der Waals surface area contributed by atoms with Gasteiger partial charge in [0.1, 0.15) is 6.61 Å². The van der Waals surface area contributed by atoms with E-state index in [1.54, 1.807) is 6.07 Å². The van der Waals surface area contributed by atoms with E-state index in [-0.39, 0.29) is 17.5 Å². The summed E-state index contributed by atoms with van der Waals surface area (Å²) in [5.74, 6) is 0.0439. The summed E-state index contributed by atoms with van der Waals surface area (Å²) < 4.78 is 25.4. The van der Waals surface area contributed by atoms with Crippen molar-refractivity contribution < 1.29 is 13.9 Å². The molecule has 2 rings (SSSR count). The zero-order valence-electron chi connectivity index (χ0n) is 13.2. The van der Waals surface area contributed by atoms with Crippen LogP contribution in [-0.4, -0.2) is 24.9 Å². The second-order valence-electron chi connectivity index (χ2n) is 6.63. The molecule has 1 aliphatic heterocycles. The van der Waals surface area contributed by atoms with E-state index in [1.165, 1.54) is 6.07 Å². The van der Waals surface area contributed by atoms with E-state index in [1.807, 2.05) is 6.07 Å². The third-order valence-corrected chi connectivity index (χ3v) is 3.55. The highest BCUT2D eigenvalue weighted by atomic mass is 19.1. The molecular weight excluding hydrogens is 269 g/mol. The maximum Gasteiger partial charge on any atom is 0.165 e. The molecule has 1 fully saturated rings. The van der Waals surface area contributed by atoms with Crippen LogP contribution in [0.2, 0.25) is 0 Å². The standard InChI is InChI=1S/C17H26FNO2/c1-17(2,3)19-11-13-7-6-9-15(18)16(13)21-12-14-8-4-5-10-20-14/h6-7,9,14,19H,4-5,8,10-12H2,1-3H3. The zero-order chi connectivity index (χ0) is 15.3. The largest absolute Gasteiger partial charge is 0.487 e. The first-order valence-electron chi connectivity index (χ1n) is 7.72. The van der Waals surface area contributed by atoms with Gasteiger partial charge in [0.15, 0.2) is 11.6 Å². The van der Waals surface area contributed by atoms with Crippen molar-refractivity contribution in [3.8, 4) is 5.75 Å². The summed E-state index contributed by atoms with van der Waals surface area (Å²) in [4.78, 5) is 0. The van der Waals surface area contributed by atoms with Gasteiger partial charge in [0.2, 0.25) is 0 Å². The zero-order valence-corrected chi connectivity index (χ0v) is 13.2. The van der Waals surface area contributed by atoms with Crippen molar-refractivity contribution in [2.24, 2.45) is 0 Å². The molecule has 1 atom stereocenters. The average molecular weight is 295 g/mol. The van der Waals surface area contributed by atoms with Crippen molar-refractivity contribution in [2.75, 3.05) is 13.2 Å². The lowest BCUT2D eigenvalue weighted by Crippen LogP contribution is -2.35. The molecule has 1 N–H and O–H groups in total. The molecule has 118 valence electrons. The number of halogens is 1. The van der Waals surface area contributed by atoms with Crippen molar-refractivity contribution in [3.63, 3.8) is 0 Å². The van der Waals surface area contributed by atoms with Crippen LogP contribution in [0, 0.1) is 5.82 Å². The van der Waals surface area contributed by atoms with Crippen LogP contribution in [0.15, 0.2) is 18.2 Å². The van der Waals surface area contributed by atoms with Gasteiger partial charge in [-0.2, -0.15) is 0 Å². The average Bonchev–Trinajstić information content (AvgIpc) is 2.44. The molecular formula is C17H26FNO2. The Morgan fingerprint density at radius 3 is 2.81 bits per heavy atom. The lowest BCUT2D eigenvalue weighted by Gasteiger charge is -2.24. The molecule has 0 spiro atoms. The fourth-order valence-corrected chi connectivity index (χ4v) is 2.33. The predicted octanol–water partition coefficient (Wildman–Crippen LogP) is 3.66. The maximum atomic E-state index is 14.0. The molecule has 0 radical (unpaired) electrons. The number of hydrogen-bond donors (Lipinski definition) is 1. The first-order valence-corrected chi connectivity index (χ1v) is 7.72. The Morgan fingerprint density at radius 2 is 2.14 bits per heavy atom. The first-order chi connectivity index (χ1) is 9.96. The smallest absolute Gasteiger partial charge is 0.165 e. The highest BCUT2D eigenvalue weighted by Gasteiger charge is 2.18. The molecule has 1 aliphatic rings. The van der Waals surface area contributed by atoms with Crippen LogP contribution in [0.25, 0.3) is 0 Å². The Hall–Kier alpha value is -1.13. The first kappa shape index (κ1) is 16.2. The maximum absolute atomic E-state index is 14.0. The summed E-state index contributed by atoms with van der Waals surface area (Å²) in [7, 11) is 0. The van der Waals surface area contributed by atoms with Gasteiger partial charge < -0.3 is 14.8 Å². The summed E-state index contributed by atoms with van der Waals surface area (Å²) >= 11 is 0. The van der Waals surface area contributed by atoms with E-state index in [4.69, 9.17) is 9.47 Å². The minimum absolute atomic E-state index is 0.0178. The van der Waals surface area contributed by atoms with E-state index in [0.717, 1.165) is 31.4 Å². The number of benzene rings is 1. The molecule has 1 saturated heterocycles. The van der Waals surface area contributed by atoms with Gasteiger partial charge in [-0.1, -0.05) is 12.1 Å². The van der Waals surface area contributed by atoms with Crippen LogP contribution in [0.5, 0.6) is 5.75 Å². The van der Waals surface area contributed by atoms with Gasteiger partial charge in [0.05, 0.1) is 6.10 Å². The van der Waals surface area contributed by atoms with E-state index < -0.39 is 0 Å². The molecule has 1 aromatic carbocycles. The predicted molar refractivity (Wildman–Crippen MR) is 82.1 cm³/mol. The second-order valence-corrected chi connectivity index (χ2v) is 6.63. The number of ether oxygens (including phenoxy) is 2. The van der Waals surface area contributed by atoms with Gasteiger partial charge in [0, 0.05) is 24.3 Å². The lowest BCUT2D eigenvalue weighted by atomic mass is 10.1. The Bertz CT molecular complexity index is 451. The molecule has 1 heterocycles. The minimum atomic E-state index is -0.306. The summed E-state index contributed by atoms with van der Waals surface area (Å²) in [6, 6.07) is 5.06. The Kier molecular flexibility index (Phi) is 5.59. The number of rotatable bonds is 5. The van der Waals surface area contributed by atoms with E-state index in [0.29, 0.717) is 18.9 Å². The summed E-state index contributed by atoms with van der Waals surface area (Å²) in [6.07, 6.45) is 3.34. The van der Waals surface area contributed by atoms with Gasteiger partial charge in [-0.05, 0) is 46.1 Å². The quantitative estimate of drug-likeness (QED) is 0.899. The second kappa shape index (κ2) is 7.23. The monoisotopic (exact) mass is 295 g/mol. The highest BCUT2D eigenvalue weighted by Crippen LogP contribution is 2.24. The summed E-state index contributed by atoms with van der Waals surface area (Å²) in [5.41, 5.74) is 0.830. The number of hydrogen-bond acceptors (Lipinski definition) is 3. The Balaban J connectivity index is 1.99. The van der Waals surface area contributed by atoms with E-state index in [2.05, 4.69) is 26.1 Å². The molecule has 0 amide bonds. The molecule has 4 heteroatoms. The van der Waals surface area contributed by atoms with Gasteiger partial charge >= 0.3 is 0 Å². The van der Waals surface area contributed by atoms with Crippen LogP contribution in [0.3, 0.4) is 0 Å². The van der Waals surface area contributed by atoms with Crippen LogP contribution in [0.4, 0.5) is 4.39 Å². The van der Waals surface area contributed by atoms with Crippen LogP contribution in [0.1, 0.15) is 45.6 Å². The molecule has 1 aromatic rings. The fraction of sp³-hybridized carbons (Fsp3) is 0.647.